The molecule has 0 radical (unpaired) electrons. The molecular weight excluding hydrogens is 382 g/mol. The number of nitro groups is 1. The third-order valence-corrected chi connectivity index (χ3v) is 3.53. The van der Waals surface area contributed by atoms with Crippen molar-refractivity contribution in [2.45, 2.75) is 18.9 Å². The van der Waals surface area contributed by atoms with Gasteiger partial charge in [-0.1, -0.05) is 18.2 Å². The highest BCUT2D eigenvalue weighted by molar-refractivity contribution is 5.98. The van der Waals surface area contributed by atoms with Crippen molar-refractivity contribution in [2.75, 3.05) is 0 Å². The predicted molar refractivity (Wildman–Crippen MR) is 80.7 cm³/mol. The maximum atomic E-state index is 12.9. The molecule has 0 aliphatic carbocycles. The Balaban J connectivity index is 2.29. The molecule has 0 aromatic heterocycles. The summed E-state index contributed by atoms with van der Waals surface area (Å²) in [6, 6.07) is 5.62. The highest BCUT2D eigenvalue weighted by Crippen LogP contribution is 2.34. The Morgan fingerprint density at radius 1 is 1.00 bits per heavy atom. The van der Waals surface area contributed by atoms with Gasteiger partial charge in [0.2, 0.25) is 0 Å². The maximum absolute atomic E-state index is 12.9. The highest BCUT2D eigenvalue weighted by Gasteiger charge is 2.35. The monoisotopic (exact) mass is 392 g/mol. The van der Waals surface area contributed by atoms with Gasteiger partial charge in [0, 0.05) is 12.6 Å². The van der Waals surface area contributed by atoms with Crippen molar-refractivity contribution >= 4 is 11.6 Å². The van der Waals surface area contributed by atoms with Crippen LogP contribution in [0.4, 0.5) is 32.0 Å². The number of carbonyl (C=O) groups is 1. The second kappa shape index (κ2) is 7.25. The molecule has 1 amide bonds. The second-order valence-electron chi connectivity index (χ2n) is 5.32. The topological polar surface area (TPSA) is 72.2 Å². The Morgan fingerprint density at radius 2 is 1.63 bits per heavy atom. The number of hydrogen-bond donors (Lipinski definition) is 1. The van der Waals surface area contributed by atoms with Crippen molar-refractivity contribution in [2.24, 2.45) is 0 Å². The number of alkyl halides is 6. The molecule has 0 bridgehead atoms. The van der Waals surface area contributed by atoms with E-state index in [0.717, 1.165) is 18.2 Å². The Hall–Kier alpha value is -3.11. The van der Waals surface area contributed by atoms with Crippen LogP contribution in [-0.2, 0) is 18.9 Å². The molecule has 0 aliphatic heterocycles. The number of nitrogens with zero attached hydrogens (tertiary/aromatic N) is 1. The van der Waals surface area contributed by atoms with E-state index in [2.05, 4.69) is 5.32 Å². The lowest BCUT2D eigenvalue weighted by molar-refractivity contribution is -0.385. The molecule has 0 fully saturated rings. The zero-order chi connectivity index (χ0) is 20.4. The number of benzene rings is 2. The van der Waals surface area contributed by atoms with Gasteiger partial charge in [-0.25, -0.2) is 0 Å². The molecule has 27 heavy (non-hydrogen) atoms. The summed E-state index contributed by atoms with van der Waals surface area (Å²) in [5.74, 6) is -1.17. The predicted octanol–water partition coefficient (Wildman–Crippen LogP) is 4.56. The van der Waals surface area contributed by atoms with E-state index in [1.807, 2.05) is 0 Å². The Kier molecular flexibility index (Phi) is 5.43. The fourth-order valence-electron chi connectivity index (χ4n) is 2.27. The molecule has 1 N–H and O–H groups in total. The third-order valence-electron chi connectivity index (χ3n) is 3.53. The van der Waals surface area contributed by atoms with Gasteiger partial charge in [0.05, 0.1) is 16.1 Å². The van der Waals surface area contributed by atoms with Crippen molar-refractivity contribution < 1.29 is 36.1 Å². The molecule has 0 heterocycles. The van der Waals surface area contributed by atoms with E-state index in [4.69, 9.17) is 0 Å². The van der Waals surface area contributed by atoms with Crippen LogP contribution in [0.1, 0.15) is 27.0 Å². The summed E-state index contributed by atoms with van der Waals surface area (Å²) < 4.78 is 76.7. The molecule has 0 spiro atoms. The van der Waals surface area contributed by atoms with E-state index in [9.17, 15) is 41.3 Å². The van der Waals surface area contributed by atoms with Crippen molar-refractivity contribution in [3.63, 3.8) is 0 Å². The summed E-state index contributed by atoms with van der Waals surface area (Å²) in [4.78, 5) is 21.9. The smallest absolute Gasteiger partial charge is 0.348 e. The SMILES string of the molecule is O=C(NCc1ccccc1C(F)(F)F)c1ccc(C(F)(F)F)cc1[N+](=O)[O-]. The summed E-state index contributed by atoms with van der Waals surface area (Å²) in [7, 11) is 0. The van der Waals surface area contributed by atoms with Crippen LogP contribution in [0.25, 0.3) is 0 Å². The minimum Gasteiger partial charge on any atom is -0.348 e. The van der Waals surface area contributed by atoms with Crippen LogP contribution >= 0.6 is 0 Å². The quantitative estimate of drug-likeness (QED) is 0.471. The van der Waals surface area contributed by atoms with Crippen LogP contribution in [0, 0.1) is 10.1 Å². The number of hydrogen-bond acceptors (Lipinski definition) is 3. The zero-order valence-corrected chi connectivity index (χ0v) is 13.2. The van der Waals surface area contributed by atoms with E-state index < -0.39 is 52.1 Å². The zero-order valence-electron chi connectivity index (χ0n) is 13.2. The van der Waals surface area contributed by atoms with Crippen LogP contribution in [0.3, 0.4) is 0 Å². The average molecular weight is 392 g/mol. The Bertz CT molecular complexity index is 877. The maximum Gasteiger partial charge on any atom is 0.416 e. The van der Waals surface area contributed by atoms with Gasteiger partial charge in [-0.3, -0.25) is 14.9 Å². The van der Waals surface area contributed by atoms with Crippen LogP contribution in [0.5, 0.6) is 0 Å². The van der Waals surface area contributed by atoms with Crippen LogP contribution in [0.2, 0.25) is 0 Å². The van der Waals surface area contributed by atoms with E-state index in [0.29, 0.717) is 12.1 Å². The fourth-order valence-corrected chi connectivity index (χ4v) is 2.27. The Morgan fingerprint density at radius 3 is 2.19 bits per heavy atom. The third kappa shape index (κ3) is 4.74. The lowest BCUT2D eigenvalue weighted by Gasteiger charge is -2.13. The van der Waals surface area contributed by atoms with E-state index in [-0.39, 0.29) is 11.6 Å². The normalized spacial score (nSPS) is 11.9. The molecule has 0 unspecified atom stereocenters. The van der Waals surface area contributed by atoms with Crippen molar-refractivity contribution in [3.8, 4) is 0 Å². The first kappa shape index (κ1) is 20.2. The number of carbonyl (C=O) groups excluding carboxylic acids is 1. The standard InChI is InChI=1S/C16H10F6N2O3/c17-15(18,19)10-5-6-11(13(7-10)24(26)27)14(25)23-8-9-3-1-2-4-12(9)16(20,21)22/h1-7H,8H2,(H,23,25). The minimum absolute atomic E-state index is 0.193. The summed E-state index contributed by atoms with van der Waals surface area (Å²) in [6.07, 6.45) is -9.53. The van der Waals surface area contributed by atoms with Gasteiger partial charge >= 0.3 is 12.4 Å². The molecule has 2 aromatic rings. The van der Waals surface area contributed by atoms with Gasteiger partial charge in [-0.2, -0.15) is 26.3 Å². The molecular formula is C16H10F6N2O3. The van der Waals surface area contributed by atoms with Crippen molar-refractivity contribution in [1.82, 2.24) is 5.32 Å². The molecule has 11 heteroatoms. The highest BCUT2D eigenvalue weighted by atomic mass is 19.4. The molecule has 0 saturated carbocycles. The van der Waals surface area contributed by atoms with Crippen LogP contribution in [0.15, 0.2) is 42.5 Å². The molecule has 2 rings (SSSR count). The van der Waals surface area contributed by atoms with Gasteiger partial charge in [0.15, 0.2) is 0 Å². The molecule has 0 saturated heterocycles. The molecule has 0 aliphatic rings. The first-order chi connectivity index (χ1) is 12.4. The number of amides is 1. The molecule has 0 atom stereocenters. The molecule has 144 valence electrons. The lowest BCUT2D eigenvalue weighted by atomic mass is 10.1. The van der Waals surface area contributed by atoms with Gasteiger partial charge in [0.1, 0.15) is 5.56 Å². The van der Waals surface area contributed by atoms with Gasteiger partial charge in [0.25, 0.3) is 11.6 Å². The largest absolute Gasteiger partial charge is 0.416 e. The first-order valence-corrected chi connectivity index (χ1v) is 7.20. The van der Waals surface area contributed by atoms with Gasteiger partial charge < -0.3 is 5.32 Å². The summed E-state index contributed by atoms with van der Waals surface area (Å²) in [6.45, 7) is -0.618. The Labute approximate surface area is 147 Å². The van der Waals surface area contributed by atoms with E-state index >= 15 is 0 Å². The van der Waals surface area contributed by atoms with Gasteiger partial charge in [-0.05, 0) is 23.8 Å². The number of halogens is 6. The van der Waals surface area contributed by atoms with Gasteiger partial charge in [-0.15, -0.1) is 0 Å². The fraction of sp³-hybridized carbons (Fsp3) is 0.188. The molecule has 5 nitrogen and oxygen atoms in total. The summed E-state index contributed by atoms with van der Waals surface area (Å²) in [5.41, 5.74) is -4.43. The second-order valence-corrected chi connectivity index (χ2v) is 5.32. The van der Waals surface area contributed by atoms with Crippen LogP contribution < -0.4 is 5.32 Å². The van der Waals surface area contributed by atoms with E-state index in [1.54, 1.807) is 0 Å². The first-order valence-electron chi connectivity index (χ1n) is 7.20. The number of nitro benzene ring substituents is 1. The average Bonchev–Trinajstić information content (AvgIpc) is 2.57. The minimum atomic E-state index is -4.86. The van der Waals surface area contributed by atoms with Crippen molar-refractivity contribution in [1.29, 1.82) is 0 Å². The number of nitrogens with one attached hydrogen (secondary N) is 1. The lowest BCUT2D eigenvalue weighted by Crippen LogP contribution is -2.25. The summed E-state index contributed by atoms with van der Waals surface area (Å²) in [5, 5.41) is 13.0. The van der Waals surface area contributed by atoms with Crippen LogP contribution in [-0.4, -0.2) is 10.8 Å². The molecule has 2 aromatic carbocycles. The van der Waals surface area contributed by atoms with E-state index in [1.165, 1.54) is 6.07 Å². The number of rotatable bonds is 4. The van der Waals surface area contributed by atoms with Crippen molar-refractivity contribution in [3.05, 3.63) is 74.8 Å². The summed E-state index contributed by atoms with van der Waals surface area (Å²) >= 11 is 0.